The molecule has 2 rings (SSSR count). The largest absolute Gasteiger partial charge is 0.481 e. The molecule has 1 aliphatic carbocycles. The number of hydrogen-bond acceptors (Lipinski definition) is 2. The fraction of sp³-hybridized carbons (Fsp3) is 0.833. The topological polar surface area (TPSA) is 49.8 Å². The van der Waals surface area contributed by atoms with Gasteiger partial charge in [0.1, 0.15) is 0 Å². The Kier molecular flexibility index (Phi) is 0.858. The normalized spacial score (nSPS) is 46.4. The maximum atomic E-state index is 10.3. The number of carbonyl (C=O) groups is 1. The van der Waals surface area contributed by atoms with E-state index in [9.17, 15) is 4.79 Å². The molecule has 0 aromatic heterocycles. The molecule has 2 fully saturated rings. The molecule has 1 heterocycles. The average Bonchev–Trinajstić information content (AvgIpc) is 2.40. The number of carboxylic acid groups (broad SMARTS) is 1. The van der Waals surface area contributed by atoms with Crippen LogP contribution in [-0.2, 0) is 9.53 Å². The molecule has 1 aliphatic heterocycles. The Balaban J connectivity index is 1.97. The molecule has 0 aromatic carbocycles. The molecule has 0 amide bonds. The number of ether oxygens (including phenoxy) is 1. The molecule has 0 aromatic rings. The van der Waals surface area contributed by atoms with E-state index < -0.39 is 5.97 Å². The SMILES string of the molecule is O=C(O)C1C[C@@H]2O[C@@H]2C1. The first kappa shape index (κ1) is 5.23. The van der Waals surface area contributed by atoms with Gasteiger partial charge in [-0.25, -0.2) is 0 Å². The summed E-state index contributed by atoms with van der Waals surface area (Å²) < 4.78 is 5.07. The second kappa shape index (κ2) is 1.48. The van der Waals surface area contributed by atoms with Gasteiger partial charge in [0.15, 0.2) is 0 Å². The molecule has 1 saturated heterocycles. The van der Waals surface area contributed by atoms with E-state index in [-0.39, 0.29) is 5.92 Å². The molecule has 1 N–H and O–H groups in total. The van der Waals surface area contributed by atoms with Gasteiger partial charge in [0.2, 0.25) is 0 Å². The van der Waals surface area contributed by atoms with Gasteiger partial charge in [-0.2, -0.15) is 0 Å². The van der Waals surface area contributed by atoms with E-state index in [0.717, 1.165) is 12.8 Å². The van der Waals surface area contributed by atoms with E-state index >= 15 is 0 Å². The molecule has 9 heavy (non-hydrogen) atoms. The van der Waals surface area contributed by atoms with Crippen LogP contribution in [0.5, 0.6) is 0 Å². The van der Waals surface area contributed by atoms with Crippen LogP contribution in [0.25, 0.3) is 0 Å². The molecule has 3 atom stereocenters. The first-order valence-corrected chi connectivity index (χ1v) is 3.15. The van der Waals surface area contributed by atoms with Crippen LogP contribution in [0, 0.1) is 5.92 Å². The van der Waals surface area contributed by atoms with Crippen LogP contribution in [0.15, 0.2) is 0 Å². The van der Waals surface area contributed by atoms with E-state index in [1.54, 1.807) is 0 Å². The predicted octanol–water partition coefficient (Wildman–Crippen LogP) is 0.248. The van der Waals surface area contributed by atoms with E-state index in [1.165, 1.54) is 0 Å². The molecule has 1 unspecified atom stereocenters. The fourth-order valence-electron chi connectivity index (χ4n) is 1.45. The van der Waals surface area contributed by atoms with Crippen LogP contribution >= 0.6 is 0 Å². The van der Waals surface area contributed by atoms with Gasteiger partial charge < -0.3 is 9.84 Å². The molecule has 0 spiro atoms. The third-order valence-electron chi connectivity index (χ3n) is 2.07. The smallest absolute Gasteiger partial charge is 0.306 e. The summed E-state index contributed by atoms with van der Waals surface area (Å²) >= 11 is 0. The molecule has 3 heteroatoms. The second-order valence-corrected chi connectivity index (χ2v) is 2.72. The fourth-order valence-corrected chi connectivity index (χ4v) is 1.45. The Morgan fingerprint density at radius 3 is 2.33 bits per heavy atom. The lowest BCUT2D eigenvalue weighted by atomic mass is 10.1. The lowest BCUT2D eigenvalue weighted by molar-refractivity contribution is -0.142. The van der Waals surface area contributed by atoms with Crippen molar-refractivity contribution in [3.8, 4) is 0 Å². The van der Waals surface area contributed by atoms with Crippen molar-refractivity contribution < 1.29 is 14.6 Å². The van der Waals surface area contributed by atoms with Gasteiger partial charge in [-0.1, -0.05) is 0 Å². The summed E-state index contributed by atoms with van der Waals surface area (Å²) in [5.41, 5.74) is 0. The molecule has 2 aliphatic rings. The highest BCUT2D eigenvalue weighted by Crippen LogP contribution is 2.41. The number of aliphatic carboxylic acids is 1. The Bertz CT molecular complexity index is 144. The summed E-state index contributed by atoms with van der Waals surface area (Å²) in [7, 11) is 0. The Hall–Kier alpha value is -0.570. The number of rotatable bonds is 1. The summed E-state index contributed by atoms with van der Waals surface area (Å²) in [6.45, 7) is 0. The average molecular weight is 128 g/mol. The van der Waals surface area contributed by atoms with Crippen LogP contribution in [0.3, 0.4) is 0 Å². The maximum absolute atomic E-state index is 10.3. The lowest BCUT2D eigenvalue weighted by Gasteiger charge is -2.01. The zero-order valence-electron chi connectivity index (χ0n) is 4.91. The zero-order chi connectivity index (χ0) is 6.43. The number of hydrogen-bond donors (Lipinski definition) is 1. The van der Waals surface area contributed by atoms with Gasteiger partial charge in [-0.15, -0.1) is 0 Å². The third kappa shape index (κ3) is 0.721. The monoisotopic (exact) mass is 128 g/mol. The third-order valence-corrected chi connectivity index (χ3v) is 2.07. The van der Waals surface area contributed by atoms with Crippen molar-refractivity contribution in [2.45, 2.75) is 25.0 Å². The van der Waals surface area contributed by atoms with Crippen molar-refractivity contribution in [2.75, 3.05) is 0 Å². The van der Waals surface area contributed by atoms with Gasteiger partial charge in [-0.3, -0.25) is 4.79 Å². The van der Waals surface area contributed by atoms with Crippen molar-refractivity contribution in [3.63, 3.8) is 0 Å². The molecule has 1 saturated carbocycles. The van der Waals surface area contributed by atoms with E-state index in [4.69, 9.17) is 9.84 Å². The van der Waals surface area contributed by atoms with Crippen LogP contribution < -0.4 is 0 Å². The summed E-state index contributed by atoms with van der Waals surface area (Å²) in [4.78, 5) is 10.3. The minimum absolute atomic E-state index is 0.117. The first-order chi connectivity index (χ1) is 4.27. The summed E-state index contributed by atoms with van der Waals surface area (Å²) in [6, 6.07) is 0. The van der Waals surface area contributed by atoms with Crippen LogP contribution in [0.1, 0.15) is 12.8 Å². The highest BCUT2D eigenvalue weighted by atomic mass is 16.6. The number of epoxide rings is 1. The summed E-state index contributed by atoms with van der Waals surface area (Å²) in [6.07, 6.45) is 2.07. The zero-order valence-corrected chi connectivity index (χ0v) is 4.91. The Labute approximate surface area is 52.6 Å². The molecule has 3 nitrogen and oxygen atoms in total. The molecule has 50 valence electrons. The van der Waals surface area contributed by atoms with Crippen LogP contribution in [-0.4, -0.2) is 23.3 Å². The van der Waals surface area contributed by atoms with Gasteiger partial charge in [0.05, 0.1) is 18.1 Å². The van der Waals surface area contributed by atoms with Crippen molar-refractivity contribution >= 4 is 5.97 Å². The minimum atomic E-state index is -0.661. The van der Waals surface area contributed by atoms with Crippen molar-refractivity contribution in [1.82, 2.24) is 0 Å². The van der Waals surface area contributed by atoms with E-state index in [2.05, 4.69) is 0 Å². The standard InChI is InChI=1S/C6H8O3/c7-6(8)3-1-4-5(2-3)9-4/h3-5H,1-2H2,(H,7,8)/t3?,4-,5+. The quantitative estimate of drug-likeness (QED) is 0.515. The summed E-state index contributed by atoms with van der Waals surface area (Å²) in [5, 5.41) is 8.50. The Morgan fingerprint density at radius 2 is 2.00 bits per heavy atom. The van der Waals surface area contributed by atoms with Crippen molar-refractivity contribution in [2.24, 2.45) is 5.92 Å². The highest BCUT2D eigenvalue weighted by molar-refractivity contribution is 5.70. The molecular formula is C6H8O3. The minimum Gasteiger partial charge on any atom is -0.481 e. The molecular weight excluding hydrogens is 120 g/mol. The maximum Gasteiger partial charge on any atom is 0.306 e. The number of fused-ring (bicyclic) bond motifs is 1. The van der Waals surface area contributed by atoms with Gasteiger partial charge >= 0.3 is 5.97 Å². The molecule has 0 bridgehead atoms. The van der Waals surface area contributed by atoms with Gasteiger partial charge in [0.25, 0.3) is 0 Å². The molecule has 0 radical (unpaired) electrons. The van der Waals surface area contributed by atoms with Crippen molar-refractivity contribution in [1.29, 1.82) is 0 Å². The van der Waals surface area contributed by atoms with Crippen molar-refractivity contribution in [3.05, 3.63) is 0 Å². The predicted molar refractivity (Wildman–Crippen MR) is 29.0 cm³/mol. The van der Waals surface area contributed by atoms with Gasteiger partial charge in [-0.05, 0) is 12.8 Å². The van der Waals surface area contributed by atoms with Gasteiger partial charge in [0, 0.05) is 0 Å². The van der Waals surface area contributed by atoms with Crippen LogP contribution in [0.4, 0.5) is 0 Å². The summed E-state index contributed by atoms with van der Waals surface area (Å²) in [5.74, 6) is -0.778. The van der Waals surface area contributed by atoms with E-state index in [1.807, 2.05) is 0 Å². The number of carboxylic acids is 1. The second-order valence-electron chi connectivity index (χ2n) is 2.72. The Morgan fingerprint density at radius 1 is 1.44 bits per heavy atom. The lowest BCUT2D eigenvalue weighted by Crippen LogP contribution is -2.11. The highest BCUT2D eigenvalue weighted by Gasteiger charge is 2.50. The van der Waals surface area contributed by atoms with E-state index in [0.29, 0.717) is 12.2 Å². The first-order valence-electron chi connectivity index (χ1n) is 3.15. The van der Waals surface area contributed by atoms with Crippen LogP contribution in [0.2, 0.25) is 0 Å².